The lowest BCUT2D eigenvalue weighted by Gasteiger charge is -2.18. The monoisotopic (exact) mass is 450 g/mol. The minimum Gasteiger partial charge on any atom is -0.361 e. The van der Waals surface area contributed by atoms with Gasteiger partial charge in [0.15, 0.2) is 0 Å². The molecule has 3 aromatic heterocycles. The maximum Gasteiger partial charge on any atom is 0.148 e. The number of aryl methyl sites for hydroxylation is 3. The second-order valence-electron chi connectivity index (χ2n) is 10.4. The standard InChI is InChI=1S/C8H13NO.C7H13N3.C6H12N4.2CH4/c1-6-5-7(9-10-6)8(2,3)4;1-6-5-10(9-8-6)7(2,3)4;1-5-7-8-9-10(5)6(2,3)4;;/h2*5H,1-4H3;1-4H3;2*1H4. The van der Waals surface area contributed by atoms with Crippen molar-refractivity contribution in [2.75, 3.05) is 0 Å². The Bertz CT molecular complexity index is 851. The topological polar surface area (TPSA) is 100 Å². The first-order chi connectivity index (χ1) is 13.5. The maximum absolute atomic E-state index is 4.94. The van der Waals surface area contributed by atoms with Crippen LogP contribution in [-0.4, -0.2) is 40.4 Å². The third-order valence-electron chi connectivity index (χ3n) is 3.95. The molecule has 0 aliphatic carbocycles. The molecule has 0 aliphatic rings. The van der Waals surface area contributed by atoms with Crippen LogP contribution < -0.4 is 0 Å². The SMILES string of the molecule is C.C.Cc1cc(C(C)(C)C)no1.Cc1cn(C(C)(C)C)nn1.Cc1nnnn1C(C)(C)C. The van der Waals surface area contributed by atoms with E-state index >= 15 is 0 Å². The highest BCUT2D eigenvalue weighted by atomic mass is 16.5. The fourth-order valence-electron chi connectivity index (χ4n) is 2.25. The summed E-state index contributed by atoms with van der Waals surface area (Å²) in [6.45, 7) is 24.6. The van der Waals surface area contributed by atoms with Crippen LogP contribution in [0.2, 0.25) is 0 Å². The number of hydrogen-bond donors (Lipinski definition) is 0. The second-order valence-corrected chi connectivity index (χ2v) is 10.4. The van der Waals surface area contributed by atoms with Crippen LogP contribution in [0.25, 0.3) is 0 Å². The molecule has 0 spiro atoms. The Kier molecular flexibility index (Phi) is 11.7. The number of rotatable bonds is 0. The predicted molar refractivity (Wildman–Crippen MR) is 131 cm³/mol. The quantitative estimate of drug-likeness (QED) is 0.437. The molecule has 9 nitrogen and oxygen atoms in total. The van der Waals surface area contributed by atoms with Crippen molar-refractivity contribution in [3.63, 3.8) is 0 Å². The zero-order chi connectivity index (χ0) is 23.3. The van der Waals surface area contributed by atoms with Crippen LogP contribution in [-0.2, 0) is 16.5 Å². The molecule has 0 saturated heterocycles. The normalized spacial score (nSPS) is 11.2. The van der Waals surface area contributed by atoms with Crippen molar-refractivity contribution in [1.82, 2.24) is 40.4 Å². The van der Waals surface area contributed by atoms with Crippen LogP contribution in [0.5, 0.6) is 0 Å². The molecule has 9 heteroatoms. The molecule has 0 aliphatic heterocycles. The maximum atomic E-state index is 4.94. The summed E-state index contributed by atoms with van der Waals surface area (Å²) in [6.07, 6.45) is 1.94. The minimum atomic E-state index is -0.00637. The van der Waals surface area contributed by atoms with Crippen LogP contribution >= 0.6 is 0 Å². The summed E-state index contributed by atoms with van der Waals surface area (Å²) in [5, 5.41) is 22.9. The van der Waals surface area contributed by atoms with Gasteiger partial charge in [0.25, 0.3) is 0 Å². The Morgan fingerprint density at radius 1 is 0.781 bits per heavy atom. The van der Waals surface area contributed by atoms with E-state index in [0.29, 0.717) is 0 Å². The number of aromatic nitrogens is 8. The number of tetrazole rings is 1. The van der Waals surface area contributed by atoms with E-state index in [4.69, 9.17) is 4.52 Å². The molecule has 0 radical (unpaired) electrons. The van der Waals surface area contributed by atoms with Gasteiger partial charge in [-0.2, -0.15) is 0 Å². The van der Waals surface area contributed by atoms with Gasteiger partial charge in [0.2, 0.25) is 0 Å². The van der Waals surface area contributed by atoms with Crippen molar-refractivity contribution < 1.29 is 4.52 Å². The number of nitrogens with zero attached hydrogens (tertiary/aromatic N) is 8. The van der Waals surface area contributed by atoms with Gasteiger partial charge in [0.05, 0.1) is 22.5 Å². The molecule has 0 N–H and O–H groups in total. The molecule has 0 saturated carbocycles. The summed E-state index contributed by atoms with van der Waals surface area (Å²) >= 11 is 0. The predicted octanol–water partition coefficient (Wildman–Crippen LogP) is 5.63. The zero-order valence-electron chi connectivity index (χ0n) is 20.6. The molecule has 0 unspecified atom stereocenters. The summed E-state index contributed by atoms with van der Waals surface area (Å²) < 4.78 is 8.60. The van der Waals surface area contributed by atoms with E-state index in [2.05, 4.69) is 93.3 Å². The highest BCUT2D eigenvalue weighted by molar-refractivity contribution is 5.12. The van der Waals surface area contributed by atoms with Gasteiger partial charge in [-0.1, -0.05) is 46.0 Å². The molecular formula is C23H46N8O. The Hall–Kier alpha value is -2.58. The fraction of sp³-hybridized carbons (Fsp3) is 0.739. The van der Waals surface area contributed by atoms with Gasteiger partial charge in [-0.15, -0.1) is 10.2 Å². The molecule has 0 aromatic carbocycles. The summed E-state index contributed by atoms with van der Waals surface area (Å²) in [7, 11) is 0. The van der Waals surface area contributed by atoms with Crippen molar-refractivity contribution in [2.24, 2.45) is 0 Å². The van der Waals surface area contributed by atoms with Gasteiger partial charge in [-0.3, -0.25) is 0 Å². The van der Waals surface area contributed by atoms with Crippen molar-refractivity contribution in [1.29, 1.82) is 0 Å². The Balaban J connectivity index is 0. The summed E-state index contributed by atoms with van der Waals surface area (Å²) in [5.41, 5.74) is 2.15. The molecule has 32 heavy (non-hydrogen) atoms. The van der Waals surface area contributed by atoms with Crippen molar-refractivity contribution >= 4 is 0 Å². The summed E-state index contributed by atoms with van der Waals surface area (Å²) in [6, 6.07) is 1.97. The van der Waals surface area contributed by atoms with Gasteiger partial charge >= 0.3 is 0 Å². The van der Waals surface area contributed by atoms with Gasteiger partial charge in [0, 0.05) is 17.7 Å². The zero-order valence-corrected chi connectivity index (χ0v) is 20.6. The van der Waals surface area contributed by atoms with E-state index in [1.807, 2.05) is 37.7 Å². The van der Waals surface area contributed by atoms with Crippen LogP contribution in [0.3, 0.4) is 0 Å². The first kappa shape index (κ1) is 31.6. The highest BCUT2D eigenvalue weighted by Gasteiger charge is 2.17. The largest absolute Gasteiger partial charge is 0.361 e. The van der Waals surface area contributed by atoms with Gasteiger partial charge < -0.3 is 4.52 Å². The van der Waals surface area contributed by atoms with Gasteiger partial charge in [-0.25, -0.2) is 9.36 Å². The van der Waals surface area contributed by atoms with Crippen LogP contribution in [0.1, 0.15) is 100 Å². The van der Waals surface area contributed by atoms with E-state index in [9.17, 15) is 0 Å². The molecule has 0 atom stereocenters. The fourth-order valence-corrected chi connectivity index (χ4v) is 2.25. The first-order valence-corrected chi connectivity index (χ1v) is 10.1. The smallest absolute Gasteiger partial charge is 0.148 e. The van der Waals surface area contributed by atoms with Gasteiger partial charge in [0.1, 0.15) is 11.6 Å². The minimum absolute atomic E-state index is 0. The Morgan fingerprint density at radius 3 is 1.53 bits per heavy atom. The molecule has 0 fully saturated rings. The second kappa shape index (κ2) is 11.9. The number of hydrogen-bond acceptors (Lipinski definition) is 7. The van der Waals surface area contributed by atoms with Crippen LogP contribution in [0.15, 0.2) is 16.8 Å². The van der Waals surface area contributed by atoms with E-state index in [1.165, 1.54) is 0 Å². The lowest BCUT2D eigenvalue weighted by molar-refractivity contribution is 0.339. The summed E-state index contributed by atoms with van der Waals surface area (Å²) in [5.74, 6) is 1.73. The van der Waals surface area contributed by atoms with Crippen molar-refractivity contribution in [3.8, 4) is 0 Å². The molecule has 0 amide bonds. The van der Waals surface area contributed by atoms with Gasteiger partial charge in [-0.05, 0) is 72.7 Å². The Morgan fingerprint density at radius 2 is 1.34 bits per heavy atom. The lowest BCUT2D eigenvalue weighted by Crippen LogP contribution is -2.24. The van der Waals surface area contributed by atoms with Crippen LogP contribution in [0.4, 0.5) is 0 Å². The molecule has 3 rings (SSSR count). The van der Waals surface area contributed by atoms with Crippen molar-refractivity contribution in [3.05, 3.63) is 35.2 Å². The van der Waals surface area contributed by atoms with Crippen molar-refractivity contribution in [2.45, 2.75) is 114 Å². The summed E-state index contributed by atoms with van der Waals surface area (Å²) in [4.78, 5) is 0. The lowest BCUT2D eigenvalue weighted by atomic mass is 9.92. The third-order valence-corrected chi connectivity index (χ3v) is 3.95. The molecule has 3 aromatic rings. The molecule has 0 bridgehead atoms. The van der Waals surface area contributed by atoms with E-state index < -0.39 is 0 Å². The average molecular weight is 451 g/mol. The Labute approximate surface area is 195 Å². The van der Waals surface area contributed by atoms with E-state index in [-0.39, 0.29) is 31.3 Å². The molecular weight excluding hydrogens is 404 g/mol. The third kappa shape index (κ3) is 10.2. The molecule has 184 valence electrons. The van der Waals surface area contributed by atoms with E-state index in [1.54, 1.807) is 4.68 Å². The van der Waals surface area contributed by atoms with E-state index in [0.717, 1.165) is 23.0 Å². The molecule has 3 heterocycles. The highest BCUT2D eigenvalue weighted by Crippen LogP contribution is 2.20. The van der Waals surface area contributed by atoms with Crippen LogP contribution in [0, 0.1) is 20.8 Å². The average Bonchev–Trinajstić information content (AvgIpc) is 3.27. The first-order valence-electron chi connectivity index (χ1n) is 10.1.